The van der Waals surface area contributed by atoms with Crippen LogP contribution in [0.25, 0.3) is 0 Å². The molecule has 3 rings (SSSR count). The molecule has 1 fully saturated rings. The third-order valence-corrected chi connectivity index (χ3v) is 4.94. The Morgan fingerprint density at radius 2 is 2.00 bits per heavy atom. The number of nitrogens with one attached hydrogen (secondary N) is 1. The predicted molar refractivity (Wildman–Crippen MR) is 84.8 cm³/mol. The number of piperidine rings is 1. The van der Waals surface area contributed by atoms with Crippen LogP contribution in [-0.2, 0) is 27.2 Å². The molecule has 1 N–H and O–H groups in total. The lowest BCUT2D eigenvalue weighted by molar-refractivity contribution is -0.151. The van der Waals surface area contributed by atoms with Crippen LogP contribution in [0, 0.1) is 18.8 Å². The number of aromatic nitrogens is 2. The first-order valence-electron chi connectivity index (χ1n) is 8.58. The highest BCUT2D eigenvalue weighted by Crippen LogP contribution is 2.27. The number of likely N-dealkylation sites (tertiary alicyclic amines) is 1. The maximum atomic E-state index is 12.7. The second-order valence-corrected chi connectivity index (χ2v) is 6.54. The molecule has 2 aliphatic rings. The van der Waals surface area contributed by atoms with Crippen molar-refractivity contribution in [3.63, 3.8) is 0 Å². The molecule has 1 aromatic heterocycles. The zero-order valence-corrected chi connectivity index (χ0v) is 13.9. The summed E-state index contributed by atoms with van der Waals surface area (Å²) in [5.74, 6) is 1.03. The Morgan fingerprint density at radius 3 is 2.70 bits per heavy atom. The van der Waals surface area contributed by atoms with E-state index in [-0.39, 0.29) is 23.7 Å². The summed E-state index contributed by atoms with van der Waals surface area (Å²) < 4.78 is 5.08. The second-order valence-electron chi connectivity index (χ2n) is 6.54. The number of hydrogen-bond acceptors (Lipinski definition) is 4. The number of aromatic amines is 1. The van der Waals surface area contributed by atoms with Crippen LogP contribution in [-0.4, -0.2) is 46.4 Å². The van der Waals surface area contributed by atoms with Gasteiger partial charge in [-0.15, -0.1) is 0 Å². The lowest BCUT2D eigenvalue weighted by Crippen LogP contribution is -2.44. The predicted octanol–water partition coefficient (Wildman–Crippen LogP) is 1.62. The quantitative estimate of drug-likeness (QED) is 0.859. The molecule has 1 aromatic rings. The van der Waals surface area contributed by atoms with E-state index in [4.69, 9.17) is 4.74 Å². The molecule has 1 amide bonds. The molecular weight excluding hydrogens is 294 g/mol. The summed E-state index contributed by atoms with van der Waals surface area (Å²) in [5, 5.41) is 0. The van der Waals surface area contributed by atoms with Crippen molar-refractivity contribution in [1.29, 1.82) is 0 Å². The van der Waals surface area contributed by atoms with Gasteiger partial charge in [-0.1, -0.05) is 0 Å². The molecule has 0 aromatic carbocycles. The molecule has 1 aliphatic carbocycles. The van der Waals surface area contributed by atoms with Crippen molar-refractivity contribution < 1.29 is 14.3 Å². The Balaban J connectivity index is 1.55. The summed E-state index contributed by atoms with van der Waals surface area (Å²) >= 11 is 0. The number of aryl methyl sites for hydroxylation is 2. The second kappa shape index (κ2) is 6.72. The fourth-order valence-corrected chi connectivity index (χ4v) is 3.69. The molecule has 0 bridgehead atoms. The van der Waals surface area contributed by atoms with Gasteiger partial charge in [0.25, 0.3) is 0 Å². The number of carbonyl (C=O) groups is 2. The zero-order valence-electron chi connectivity index (χ0n) is 13.9. The van der Waals surface area contributed by atoms with Crippen LogP contribution >= 0.6 is 0 Å². The molecule has 1 unspecified atom stereocenters. The summed E-state index contributed by atoms with van der Waals surface area (Å²) in [7, 11) is 0. The van der Waals surface area contributed by atoms with E-state index in [1.165, 1.54) is 0 Å². The first kappa shape index (κ1) is 16.0. The Bertz CT molecular complexity index is 588. The van der Waals surface area contributed by atoms with Crippen molar-refractivity contribution >= 4 is 11.9 Å². The summed E-state index contributed by atoms with van der Waals surface area (Å²) in [6.07, 6.45) is 3.92. The molecule has 23 heavy (non-hydrogen) atoms. The first-order chi connectivity index (χ1) is 11.1. The minimum atomic E-state index is -0.116. The van der Waals surface area contributed by atoms with Crippen molar-refractivity contribution in [1.82, 2.24) is 14.9 Å². The Morgan fingerprint density at radius 1 is 1.26 bits per heavy atom. The van der Waals surface area contributed by atoms with Crippen LogP contribution in [0.15, 0.2) is 0 Å². The van der Waals surface area contributed by atoms with Crippen LogP contribution in [0.5, 0.6) is 0 Å². The van der Waals surface area contributed by atoms with Gasteiger partial charge in [0.15, 0.2) is 0 Å². The molecule has 6 nitrogen and oxygen atoms in total. The van der Waals surface area contributed by atoms with Crippen molar-refractivity contribution in [2.24, 2.45) is 11.8 Å². The highest BCUT2D eigenvalue weighted by molar-refractivity contribution is 5.80. The fourth-order valence-electron chi connectivity index (χ4n) is 3.69. The van der Waals surface area contributed by atoms with Crippen LogP contribution in [0.1, 0.15) is 43.4 Å². The van der Waals surface area contributed by atoms with Crippen LogP contribution in [0.2, 0.25) is 0 Å². The molecule has 1 saturated heterocycles. The van der Waals surface area contributed by atoms with Crippen LogP contribution in [0.3, 0.4) is 0 Å². The third kappa shape index (κ3) is 3.41. The van der Waals surface area contributed by atoms with E-state index < -0.39 is 0 Å². The molecule has 0 radical (unpaired) electrons. The van der Waals surface area contributed by atoms with Gasteiger partial charge < -0.3 is 14.6 Å². The highest BCUT2D eigenvalue weighted by Gasteiger charge is 2.33. The number of H-pyrrole nitrogens is 1. The molecule has 2 heterocycles. The SMILES string of the molecule is CCOC(=O)C1CCN(C(=O)C2CCc3nc(C)[nH]c3C2)CC1. The maximum absolute atomic E-state index is 12.7. The molecule has 126 valence electrons. The van der Waals surface area contributed by atoms with Gasteiger partial charge in [0.2, 0.25) is 5.91 Å². The average Bonchev–Trinajstić information content (AvgIpc) is 2.93. The average molecular weight is 319 g/mol. The van der Waals surface area contributed by atoms with E-state index in [2.05, 4.69) is 9.97 Å². The number of nitrogens with zero attached hydrogens (tertiary/aromatic N) is 2. The van der Waals surface area contributed by atoms with E-state index in [9.17, 15) is 9.59 Å². The van der Waals surface area contributed by atoms with Gasteiger partial charge in [0.05, 0.1) is 18.2 Å². The van der Waals surface area contributed by atoms with E-state index >= 15 is 0 Å². The van der Waals surface area contributed by atoms with Gasteiger partial charge in [-0.2, -0.15) is 0 Å². The largest absolute Gasteiger partial charge is 0.466 e. The molecular formula is C17H25N3O3. The van der Waals surface area contributed by atoms with Gasteiger partial charge >= 0.3 is 5.97 Å². The number of hydrogen-bond donors (Lipinski definition) is 1. The topological polar surface area (TPSA) is 75.3 Å². The third-order valence-electron chi connectivity index (χ3n) is 4.94. The molecule has 1 atom stereocenters. The maximum Gasteiger partial charge on any atom is 0.309 e. The molecule has 1 aliphatic heterocycles. The first-order valence-corrected chi connectivity index (χ1v) is 8.58. The zero-order chi connectivity index (χ0) is 16.4. The fraction of sp³-hybridized carbons (Fsp3) is 0.706. The van der Waals surface area contributed by atoms with Crippen molar-refractivity contribution in [2.45, 2.75) is 46.0 Å². The van der Waals surface area contributed by atoms with Gasteiger partial charge in [-0.3, -0.25) is 9.59 Å². The van der Waals surface area contributed by atoms with E-state index in [1.54, 1.807) is 0 Å². The standard InChI is InChI=1S/C17H25N3O3/c1-3-23-17(22)12-6-8-20(9-7-12)16(21)13-4-5-14-15(10-13)19-11(2)18-14/h12-13H,3-10H2,1-2H3,(H,18,19). The van der Waals surface area contributed by atoms with E-state index in [0.29, 0.717) is 32.5 Å². The van der Waals surface area contributed by atoms with E-state index in [0.717, 1.165) is 36.5 Å². The molecule has 0 saturated carbocycles. The summed E-state index contributed by atoms with van der Waals surface area (Å²) in [5.41, 5.74) is 2.24. The summed E-state index contributed by atoms with van der Waals surface area (Å²) in [4.78, 5) is 34.2. The number of esters is 1. The van der Waals surface area contributed by atoms with E-state index in [1.807, 2.05) is 18.7 Å². The van der Waals surface area contributed by atoms with Crippen LogP contribution in [0.4, 0.5) is 0 Å². The normalized spacial score (nSPS) is 21.8. The lowest BCUT2D eigenvalue weighted by Gasteiger charge is -2.34. The lowest BCUT2D eigenvalue weighted by atomic mass is 9.87. The minimum absolute atomic E-state index is 0.0430. The number of carbonyl (C=O) groups excluding carboxylic acids is 2. The van der Waals surface area contributed by atoms with Crippen molar-refractivity contribution in [3.8, 4) is 0 Å². The number of ether oxygens (including phenoxy) is 1. The van der Waals surface area contributed by atoms with Crippen LogP contribution < -0.4 is 0 Å². The Kier molecular flexibility index (Phi) is 4.68. The van der Waals surface area contributed by atoms with Crippen molar-refractivity contribution in [3.05, 3.63) is 17.2 Å². The Hall–Kier alpha value is -1.85. The van der Waals surface area contributed by atoms with Crippen molar-refractivity contribution in [2.75, 3.05) is 19.7 Å². The number of rotatable bonds is 3. The highest BCUT2D eigenvalue weighted by atomic mass is 16.5. The molecule has 6 heteroatoms. The van der Waals surface area contributed by atoms with Gasteiger partial charge in [0, 0.05) is 31.1 Å². The van der Waals surface area contributed by atoms with Gasteiger partial charge in [0.1, 0.15) is 5.82 Å². The number of fused-ring (bicyclic) bond motifs is 1. The monoisotopic (exact) mass is 319 g/mol. The van der Waals surface area contributed by atoms with Gasteiger partial charge in [-0.05, 0) is 39.5 Å². The Labute approximate surface area is 136 Å². The minimum Gasteiger partial charge on any atom is -0.466 e. The number of imidazole rings is 1. The summed E-state index contributed by atoms with van der Waals surface area (Å²) in [6, 6.07) is 0. The number of amides is 1. The smallest absolute Gasteiger partial charge is 0.309 e. The molecule has 0 spiro atoms. The van der Waals surface area contributed by atoms with Gasteiger partial charge in [-0.25, -0.2) is 4.98 Å². The summed E-state index contributed by atoms with van der Waals surface area (Å²) in [6.45, 7) is 5.52.